The minimum atomic E-state index is -0.765. The van der Waals surface area contributed by atoms with Gasteiger partial charge in [0, 0.05) is 6.54 Å². The van der Waals surface area contributed by atoms with Crippen LogP contribution in [-0.4, -0.2) is 61.0 Å². The van der Waals surface area contributed by atoms with Crippen LogP contribution in [0.4, 0.5) is 4.79 Å². The molecule has 0 aromatic heterocycles. The normalized spacial score (nSPS) is 15.4. The number of hydrogen-bond acceptors (Lipinski definition) is 7. The van der Waals surface area contributed by atoms with Gasteiger partial charge in [-0.15, -0.1) is 0 Å². The highest BCUT2D eigenvalue weighted by Gasteiger charge is 2.35. The molecule has 1 aromatic carbocycles. The summed E-state index contributed by atoms with van der Waals surface area (Å²) in [7, 11) is 0. The van der Waals surface area contributed by atoms with Crippen LogP contribution < -0.4 is 10.6 Å². The van der Waals surface area contributed by atoms with Gasteiger partial charge < -0.3 is 20.1 Å². The van der Waals surface area contributed by atoms with Gasteiger partial charge in [0.05, 0.1) is 41.1 Å². The average molecular weight is 429 g/mol. The van der Waals surface area contributed by atoms with Crippen molar-refractivity contribution in [1.29, 1.82) is 0 Å². The van der Waals surface area contributed by atoms with Crippen LogP contribution in [0.5, 0.6) is 0 Å². The molecule has 10 nitrogen and oxygen atoms in total. The fraction of sp³-hybridized carbons (Fsp3) is 0.381. The molecule has 0 unspecified atom stereocenters. The van der Waals surface area contributed by atoms with Crippen molar-refractivity contribution >= 4 is 29.8 Å². The molecule has 3 rings (SSSR count). The standard InChI is InChI=1S/C21H23N3O7/c1-3-5-8-24-17(25)13-7-6-12(9-14(13)18(24)26)19(27)31-11-16-15(20(28)30-4-2)10-22-21(29)23-16/h6-7,9H,3-5,8,10-11H2,1-2H3,(H2,22,23,29). The summed E-state index contributed by atoms with van der Waals surface area (Å²) in [4.78, 5) is 62.3. The first-order valence-electron chi connectivity index (χ1n) is 9.98. The number of fused-ring (bicyclic) bond motifs is 1. The molecule has 164 valence electrons. The van der Waals surface area contributed by atoms with Gasteiger partial charge in [-0.1, -0.05) is 13.3 Å². The molecule has 4 amide bonds. The number of benzene rings is 1. The van der Waals surface area contributed by atoms with Gasteiger partial charge >= 0.3 is 18.0 Å². The van der Waals surface area contributed by atoms with E-state index < -0.39 is 23.9 Å². The van der Waals surface area contributed by atoms with Gasteiger partial charge in [-0.05, 0) is 31.5 Å². The van der Waals surface area contributed by atoms with Crippen LogP contribution in [0.3, 0.4) is 0 Å². The Balaban J connectivity index is 1.74. The van der Waals surface area contributed by atoms with E-state index in [-0.39, 0.29) is 53.6 Å². The zero-order chi connectivity index (χ0) is 22.5. The van der Waals surface area contributed by atoms with Gasteiger partial charge in [-0.25, -0.2) is 14.4 Å². The van der Waals surface area contributed by atoms with Crippen molar-refractivity contribution in [2.24, 2.45) is 0 Å². The zero-order valence-electron chi connectivity index (χ0n) is 17.3. The van der Waals surface area contributed by atoms with Gasteiger partial charge in [0.15, 0.2) is 0 Å². The van der Waals surface area contributed by atoms with Crippen LogP contribution in [0, 0.1) is 0 Å². The van der Waals surface area contributed by atoms with E-state index in [1.54, 1.807) is 6.92 Å². The van der Waals surface area contributed by atoms with Crippen molar-refractivity contribution in [2.45, 2.75) is 26.7 Å². The predicted molar refractivity (Wildman–Crippen MR) is 107 cm³/mol. The Labute approximate surface area is 178 Å². The van der Waals surface area contributed by atoms with Crippen LogP contribution in [0.15, 0.2) is 29.5 Å². The maximum atomic E-state index is 12.5. The third-order valence-electron chi connectivity index (χ3n) is 4.87. The Hall–Kier alpha value is -3.69. The number of rotatable bonds is 8. The van der Waals surface area contributed by atoms with Crippen LogP contribution in [0.25, 0.3) is 0 Å². The van der Waals surface area contributed by atoms with Crippen molar-refractivity contribution in [2.75, 3.05) is 26.3 Å². The van der Waals surface area contributed by atoms with Crippen molar-refractivity contribution < 1.29 is 33.4 Å². The summed E-state index contributed by atoms with van der Waals surface area (Å²) in [6.45, 7) is 3.66. The van der Waals surface area contributed by atoms with E-state index in [2.05, 4.69) is 10.6 Å². The number of carbonyl (C=O) groups excluding carboxylic acids is 5. The largest absolute Gasteiger partial charge is 0.463 e. The third kappa shape index (κ3) is 4.57. The maximum absolute atomic E-state index is 12.5. The molecule has 2 aliphatic rings. The minimum absolute atomic E-state index is 0.0550. The molecule has 0 bridgehead atoms. The Morgan fingerprint density at radius 1 is 1.03 bits per heavy atom. The number of ether oxygens (including phenoxy) is 2. The lowest BCUT2D eigenvalue weighted by molar-refractivity contribution is -0.138. The van der Waals surface area contributed by atoms with Crippen LogP contribution >= 0.6 is 0 Å². The number of amides is 4. The number of urea groups is 1. The molecule has 2 heterocycles. The first-order valence-corrected chi connectivity index (χ1v) is 9.98. The molecule has 2 aliphatic heterocycles. The molecule has 0 spiro atoms. The Kier molecular flexibility index (Phi) is 6.68. The van der Waals surface area contributed by atoms with Crippen LogP contribution in [0.1, 0.15) is 57.8 Å². The van der Waals surface area contributed by atoms with E-state index in [4.69, 9.17) is 9.47 Å². The summed E-state index contributed by atoms with van der Waals surface area (Å²) < 4.78 is 10.2. The summed E-state index contributed by atoms with van der Waals surface area (Å²) in [5.41, 5.74) is 0.743. The quantitative estimate of drug-likeness (QED) is 0.471. The SMILES string of the molecule is CCCCN1C(=O)c2ccc(C(=O)OCC3=C(C(=O)OCC)CNC(=O)N3)cc2C1=O. The highest BCUT2D eigenvalue weighted by Crippen LogP contribution is 2.25. The molecule has 0 radical (unpaired) electrons. The van der Waals surface area contributed by atoms with Gasteiger partial charge in [-0.3, -0.25) is 14.5 Å². The second-order valence-electron chi connectivity index (χ2n) is 6.94. The van der Waals surface area contributed by atoms with Gasteiger partial charge in [0.2, 0.25) is 0 Å². The average Bonchev–Trinajstić information content (AvgIpc) is 3.00. The van der Waals surface area contributed by atoms with Crippen molar-refractivity contribution in [3.05, 3.63) is 46.2 Å². The molecular weight excluding hydrogens is 406 g/mol. The van der Waals surface area contributed by atoms with Gasteiger partial charge in [-0.2, -0.15) is 0 Å². The van der Waals surface area contributed by atoms with Crippen LogP contribution in [-0.2, 0) is 14.3 Å². The molecule has 0 saturated heterocycles. The summed E-state index contributed by atoms with van der Waals surface area (Å²) >= 11 is 0. The van der Waals surface area contributed by atoms with Crippen molar-refractivity contribution in [3.8, 4) is 0 Å². The molecule has 1 aromatic rings. The van der Waals surface area contributed by atoms with Crippen molar-refractivity contribution in [3.63, 3.8) is 0 Å². The van der Waals surface area contributed by atoms with Crippen molar-refractivity contribution in [1.82, 2.24) is 15.5 Å². The molecule has 31 heavy (non-hydrogen) atoms. The van der Waals surface area contributed by atoms with E-state index in [9.17, 15) is 24.0 Å². The highest BCUT2D eigenvalue weighted by atomic mass is 16.5. The highest BCUT2D eigenvalue weighted by molar-refractivity contribution is 6.22. The molecule has 0 fully saturated rings. The minimum Gasteiger partial charge on any atom is -0.463 e. The van der Waals surface area contributed by atoms with E-state index in [1.165, 1.54) is 23.1 Å². The first-order chi connectivity index (χ1) is 14.9. The smallest absolute Gasteiger partial charge is 0.338 e. The number of unbranched alkanes of at least 4 members (excludes halogenated alkanes) is 1. The number of carbonyl (C=O) groups is 5. The van der Waals surface area contributed by atoms with Gasteiger partial charge in [0.25, 0.3) is 11.8 Å². The lowest BCUT2D eigenvalue weighted by Crippen LogP contribution is -2.45. The first kappa shape index (κ1) is 22.0. The number of hydrogen-bond donors (Lipinski definition) is 2. The summed E-state index contributed by atoms with van der Waals surface area (Å²) in [5, 5.41) is 4.89. The number of imide groups is 1. The fourth-order valence-electron chi connectivity index (χ4n) is 3.23. The Morgan fingerprint density at radius 3 is 2.48 bits per heavy atom. The third-order valence-corrected chi connectivity index (χ3v) is 4.87. The van der Waals surface area contributed by atoms with Crippen LogP contribution in [0.2, 0.25) is 0 Å². The molecule has 10 heteroatoms. The second-order valence-corrected chi connectivity index (χ2v) is 6.94. The van der Waals surface area contributed by atoms with E-state index in [0.29, 0.717) is 13.0 Å². The number of nitrogens with one attached hydrogen (secondary N) is 2. The zero-order valence-corrected chi connectivity index (χ0v) is 17.3. The summed E-state index contributed by atoms with van der Waals surface area (Å²) in [6, 6.07) is 3.61. The molecule has 2 N–H and O–H groups in total. The Morgan fingerprint density at radius 2 is 1.77 bits per heavy atom. The summed E-state index contributed by atoms with van der Waals surface area (Å²) in [6.07, 6.45) is 1.53. The molecule has 0 atom stereocenters. The van der Waals surface area contributed by atoms with E-state index in [0.717, 1.165) is 6.42 Å². The molecule has 0 aliphatic carbocycles. The Bertz CT molecular complexity index is 983. The fourth-order valence-corrected chi connectivity index (χ4v) is 3.23. The van der Waals surface area contributed by atoms with Gasteiger partial charge in [0.1, 0.15) is 6.61 Å². The van der Waals surface area contributed by atoms with E-state index in [1.807, 2.05) is 6.92 Å². The second kappa shape index (κ2) is 9.41. The summed E-state index contributed by atoms with van der Waals surface area (Å²) in [5.74, 6) is -2.22. The molecular formula is C21H23N3O7. The number of nitrogens with zero attached hydrogens (tertiary/aromatic N) is 1. The monoisotopic (exact) mass is 429 g/mol. The maximum Gasteiger partial charge on any atom is 0.338 e. The topological polar surface area (TPSA) is 131 Å². The molecule has 0 saturated carbocycles. The predicted octanol–water partition coefficient (Wildman–Crippen LogP) is 1.37. The number of esters is 2. The lowest BCUT2D eigenvalue weighted by atomic mass is 10.1. The van der Waals surface area contributed by atoms with E-state index >= 15 is 0 Å². The lowest BCUT2D eigenvalue weighted by Gasteiger charge is -2.21.